The highest BCUT2D eigenvalue weighted by Gasteiger charge is 2.44. The van der Waals surface area contributed by atoms with Crippen LogP contribution in [0.4, 0.5) is 9.18 Å². The third kappa shape index (κ3) is 4.91. The van der Waals surface area contributed by atoms with Crippen molar-refractivity contribution in [1.82, 2.24) is 20.0 Å². The number of halogens is 1. The van der Waals surface area contributed by atoms with Crippen LogP contribution in [0.2, 0.25) is 0 Å². The number of carbonyl (C=O) groups excluding carboxylic acids is 4. The zero-order valence-electron chi connectivity index (χ0n) is 19.7. The van der Waals surface area contributed by atoms with Gasteiger partial charge in [-0.05, 0) is 37.5 Å². The highest BCUT2D eigenvalue weighted by molar-refractivity contribution is 6.03. The molecule has 1 unspecified atom stereocenters. The van der Waals surface area contributed by atoms with Crippen molar-refractivity contribution < 1.29 is 28.3 Å². The summed E-state index contributed by atoms with van der Waals surface area (Å²) in [6.07, 6.45) is 2.58. The third-order valence-electron chi connectivity index (χ3n) is 6.58. The lowest BCUT2D eigenvalue weighted by Gasteiger charge is -2.33. The van der Waals surface area contributed by atoms with Crippen LogP contribution in [0.1, 0.15) is 31.4 Å². The number of rotatable bonds is 7. The summed E-state index contributed by atoms with van der Waals surface area (Å²) in [6.45, 7) is 6.71. The second kappa shape index (κ2) is 10.3. The highest BCUT2D eigenvalue weighted by atomic mass is 19.1. The van der Waals surface area contributed by atoms with Crippen LogP contribution in [0.25, 0.3) is 0 Å². The smallest absolute Gasteiger partial charge is 0.322 e. The van der Waals surface area contributed by atoms with Crippen molar-refractivity contribution in [2.45, 2.75) is 25.8 Å². The minimum atomic E-state index is -0.817. The van der Waals surface area contributed by atoms with E-state index in [4.69, 9.17) is 4.74 Å². The molecule has 0 bridgehead atoms. The molecule has 0 saturated carbocycles. The van der Waals surface area contributed by atoms with Gasteiger partial charge in [-0.25, -0.2) is 9.18 Å². The summed E-state index contributed by atoms with van der Waals surface area (Å²) < 4.78 is 19.0. The number of urea groups is 1. The molecule has 35 heavy (non-hydrogen) atoms. The molecular formula is C25H29FN4O5. The van der Waals surface area contributed by atoms with Crippen LogP contribution in [0.5, 0.6) is 0 Å². The SMILES string of the molecule is C=CCN1C(=O)NC(c2cccc(F)c2)C2=C1CN(CC(=O)N1CCC(C(=O)OCC)CC1)C2=O. The number of esters is 1. The van der Waals surface area contributed by atoms with Crippen LogP contribution in [-0.4, -0.2) is 77.8 Å². The normalized spacial score (nSPS) is 20.6. The fraction of sp³-hybridized carbons (Fsp3) is 0.440. The molecule has 0 radical (unpaired) electrons. The van der Waals surface area contributed by atoms with Gasteiger partial charge in [0.1, 0.15) is 12.4 Å². The van der Waals surface area contributed by atoms with E-state index in [0.29, 0.717) is 49.4 Å². The number of piperidine rings is 1. The molecule has 4 amide bonds. The number of hydrogen-bond acceptors (Lipinski definition) is 5. The van der Waals surface area contributed by atoms with Gasteiger partial charge < -0.3 is 19.9 Å². The van der Waals surface area contributed by atoms with Crippen LogP contribution in [0, 0.1) is 11.7 Å². The molecule has 1 N–H and O–H groups in total. The van der Waals surface area contributed by atoms with Gasteiger partial charge in [-0.15, -0.1) is 6.58 Å². The predicted molar refractivity (Wildman–Crippen MR) is 124 cm³/mol. The lowest BCUT2D eigenvalue weighted by molar-refractivity contribution is -0.151. The van der Waals surface area contributed by atoms with Gasteiger partial charge in [0.05, 0.1) is 36.4 Å². The maximum atomic E-state index is 13.9. The lowest BCUT2D eigenvalue weighted by Crippen LogP contribution is -2.47. The van der Waals surface area contributed by atoms with Gasteiger partial charge in [0.25, 0.3) is 5.91 Å². The van der Waals surface area contributed by atoms with Crippen molar-refractivity contribution in [3.63, 3.8) is 0 Å². The molecule has 1 aromatic rings. The summed E-state index contributed by atoms with van der Waals surface area (Å²) in [5.74, 6) is -1.54. The summed E-state index contributed by atoms with van der Waals surface area (Å²) in [6, 6.07) is 4.51. The van der Waals surface area contributed by atoms with E-state index in [9.17, 15) is 23.6 Å². The van der Waals surface area contributed by atoms with Crippen molar-refractivity contribution in [3.05, 3.63) is 59.6 Å². The molecule has 1 aromatic carbocycles. The molecule has 186 valence electrons. The quantitative estimate of drug-likeness (QED) is 0.471. The Kier molecular flexibility index (Phi) is 7.18. The van der Waals surface area contributed by atoms with Crippen LogP contribution in [0.15, 0.2) is 48.2 Å². The Balaban J connectivity index is 1.49. The van der Waals surface area contributed by atoms with E-state index in [1.165, 1.54) is 28.0 Å². The number of carbonyl (C=O) groups is 4. The maximum absolute atomic E-state index is 13.9. The van der Waals surface area contributed by atoms with Gasteiger partial charge >= 0.3 is 12.0 Å². The monoisotopic (exact) mass is 484 g/mol. The average Bonchev–Trinajstić information content (AvgIpc) is 3.16. The first kappa shape index (κ1) is 24.4. The Labute approximate surface area is 203 Å². The summed E-state index contributed by atoms with van der Waals surface area (Å²) in [4.78, 5) is 55.7. The van der Waals surface area contributed by atoms with Gasteiger partial charge in [-0.3, -0.25) is 19.3 Å². The number of ether oxygens (including phenoxy) is 1. The van der Waals surface area contributed by atoms with Crippen molar-refractivity contribution in [2.75, 3.05) is 39.3 Å². The van der Waals surface area contributed by atoms with Crippen LogP contribution < -0.4 is 5.32 Å². The Morgan fingerprint density at radius 1 is 1.26 bits per heavy atom. The average molecular weight is 485 g/mol. The molecular weight excluding hydrogens is 455 g/mol. The zero-order valence-corrected chi connectivity index (χ0v) is 19.7. The number of amides is 4. The van der Waals surface area contributed by atoms with Gasteiger partial charge in [0.2, 0.25) is 5.91 Å². The molecule has 0 spiro atoms. The number of nitrogens with zero attached hydrogens (tertiary/aromatic N) is 3. The van der Waals surface area contributed by atoms with Crippen molar-refractivity contribution in [2.24, 2.45) is 5.92 Å². The third-order valence-corrected chi connectivity index (χ3v) is 6.58. The van der Waals surface area contributed by atoms with E-state index >= 15 is 0 Å². The molecule has 1 atom stereocenters. The second-order valence-corrected chi connectivity index (χ2v) is 8.77. The first-order valence-corrected chi connectivity index (χ1v) is 11.7. The highest BCUT2D eigenvalue weighted by Crippen LogP contribution is 2.36. The number of benzene rings is 1. The second-order valence-electron chi connectivity index (χ2n) is 8.77. The van der Waals surface area contributed by atoms with Gasteiger partial charge in [0.15, 0.2) is 0 Å². The van der Waals surface area contributed by atoms with Crippen LogP contribution >= 0.6 is 0 Å². The van der Waals surface area contributed by atoms with E-state index in [2.05, 4.69) is 11.9 Å². The first-order chi connectivity index (χ1) is 16.8. The Morgan fingerprint density at radius 3 is 2.66 bits per heavy atom. The topological polar surface area (TPSA) is 99.3 Å². The lowest BCUT2D eigenvalue weighted by atomic mass is 9.95. The van der Waals surface area contributed by atoms with E-state index in [1.807, 2.05) is 0 Å². The summed E-state index contributed by atoms with van der Waals surface area (Å²) >= 11 is 0. The fourth-order valence-corrected chi connectivity index (χ4v) is 4.82. The minimum absolute atomic E-state index is 0.0896. The Bertz CT molecular complexity index is 1080. The first-order valence-electron chi connectivity index (χ1n) is 11.7. The van der Waals surface area contributed by atoms with E-state index < -0.39 is 17.9 Å². The Hall–Kier alpha value is -3.69. The number of hydrogen-bond donors (Lipinski definition) is 1. The van der Waals surface area contributed by atoms with Gasteiger partial charge in [0, 0.05) is 19.6 Å². The van der Waals surface area contributed by atoms with Crippen molar-refractivity contribution in [3.8, 4) is 0 Å². The number of nitrogens with one attached hydrogen (secondary N) is 1. The van der Waals surface area contributed by atoms with E-state index in [1.54, 1.807) is 24.0 Å². The predicted octanol–water partition coefficient (Wildman–Crippen LogP) is 1.98. The number of likely N-dealkylation sites (tertiary alicyclic amines) is 1. The van der Waals surface area contributed by atoms with E-state index in [-0.39, 0.29) is 43.3 Å². The standard InChI is InChI=1S/C25H29FN4O5/c1-3-10-30-19-14-29(15-20(31)28-11-8-16(9-12-28)24(33)35-4-2)23(32)21(19)22(27-25(30)34)17-6-5-7-18(26)13-17/h3,5-7,13,16,22H,1,4,8-12,14-15H2,2H3,(H,27,34). The summed E-state index contributed by atoms with van der Waals surface area (Å²) in [5.41, 5.74) is 1.26. The molecule has 0 aliphatic carbocycles. The molecule has 3 heterocycles. The van der Waals surface area contributed by atoms with Crippen molar-refractivity contribution in [1.29, 1.82) is 0 Å². The fourth-order valence-electron chi connectivity index (χ4n) is 4.82. The molecule has 0 aromatic heterocycles. The zero-order chi connectivity index (χ0) is 25.1. The van der Waals surface area contributed by atoms with Gasteiger partial charge in [-0.1, -0.05) is 18.2 Å². The maximum Gasteiger partial charge on any atom is 0.322 e. The molecule has 3 aliphatic heterocycles. The Morgan fingerprint density at radius 2 is 2.00 bits per heavy atom. The molecule has 1 saturated heterocycles. The summed E-state index contributed by atoms with van der Waals surface area (Å²) in [5, 5.41) is 2.79. The molecule has 10 heteroatoms. The molecule has 3 aliphatic rings. The minimum Gasteiger partial charge on any atom is -0.466 e. The van der Waals surface area contributed by atoms with Crippen molar-refractivity contribution >= 4 is 23.8 Å². The van der Waals surface area contributed by atoms with Gasteiger partial charge in [-0.2, -0.15) is 0 Å². The van der Waals surface area contributed by atoms with Crippen LogP contribution in [-0.2, 0) is 19.1 Å². The summed E-state index contributed by atoms with van der Waals surface area (Å²) in [7, 11) is 0. The van der Waals surface area contributed by atoms with E-state index in [0.717, 1.165) is 0 Å². The molecule has 4 rings (SSSR count). The largest absolute Gasteiger partial charge is 0.466 e. The van der Waals surface area contributed by atoms with Crippen LogP contribution in [0.3, 0.4) is 0 Å². The molecule has 1 fully saturated rings. The molecule has 9 nitrogen and oxygen atoms in total.